The molecular weight excluding hydrogens is 244 g/mol. The van der Waals surface area contributed by atoms with Crippen molar-refractivity contribution in [1.29, 1.82) is 0 Å². The van der Waals surface area contributed by atoms with Gasteiger partial charge in [0.1, 0.15) is 0 Å². The molecule has 1 atom stereocenters. The smallest absolute Gasteiger partial charge is 0.162 e. The summed E-state index contributed by atoms with van der Waals surface area (Å²) in [5.74, 6) is 0. The van der Waals surface area contributed by atoms with E-state index >= 15 is 0 Å². The molecule has 0 aliphatic heterocycles. The van der Waals surface area contributed by atoms with Crippen molar-refractivity contribution in [3.63, 3.8) is 0 Å². The van der Waals surface area contributed by atoms with Crippen LogP contribution in [0.15, 0.2) is 0 Å². The van der Waals surface area contributed by atoms with E-state index in [1.165, 1.54) is 0 Å². The predicted octanol–water partition coefficient (Wildman–Crippen LogP) is -0.0848. The molecule has 0 heterocycles. The molecule has 23 valence electrons. The fraction of sp³-hybridized carbons (Fsp3) is 0. The van der Waals surface area contributed by atoms with Gasteiger partial charge in [0, 0.05) is 22.4 Å². The van der Waals surface area contributed by atoms with Crippen LogP contribution >= 0.6 is 8.69 Å². The second kappa shape index (κ2) is 9.19. The van der Waals surface area contributed by atoms with E-state index < -0.39 is 8.69 Å². The van der Waals surface area contributed by atoms with E-state index in [1.54, 1.807) is 0 Å². The zero-order chi connectivity index (χ0) is 2.71. The summed E-state index contributed by atoms with van der Waals surface area (Å²) in [6.45, 7) is 0. The van der Waals surface area contributed by atoms with Crippen molar-refractivity contribution in [3.05, 3.63) is 0 Å². The zero-order valence-corrected chi connectivity index (χ0v) is 6.02. The van der Waals surface area contributed by atoms with Gasteiger partial charge in [0.25, 0.3) is 0 Å². The van der Waals surface area contributed by atoms with Gasteiger partial charge in [0.15, 0.2) is 0 Å². The molecule has 0 saturated carbocycles. The van der Waals surface area contributed by atoms with Crippen LogP contribution in [0.25, 0.3) is 0 Å². The number of rotatable bonds is 0. The van der Waals surface area contributed by atoms with Crippen molar-refractivity contribution < 1.29 is 31.8 Å². The second-order valence-corrected chi connectivity index (χ2v) is 0.274. The Labute approximate surface area is 41.0 Å². The molecule has 0 aromatic heterocycles. The van der Waals surface area contributed by atoms with Gasteiger partial charge in [-0.2, -0.15) is 4.89 Å². The van der Waals surface area contributed by atoms with Crippen molar-refractivity contribution in [2.24, 2.45) is 0 Å². The Morgan fingerprint density at radius 2 is 1.75 bits per heavy atom. The Balaban J connectivity index is 0. The molecule has 1 radical (unpaired) electrons. The molecule has 0 aliphatic rings. The van der Waals surface area contributed by atoms with Crippen LogP contribution in [-0.2, 0) is 26.9 Å². The third-order valence-corrected chi connectivity index (χ3v) is 0. The van der Waals surface area contributed by atoms with E-state index in [9.17, 15) is 0 Å². The first-order valence-corrected chi connectivity index (χ1v) is 1.28. The monoisotopic (exact) mass is 246 g/mol. The summed E-state index contributed by atoms with van der Waals surface area (Å²) in [6.07, 6.45) is 0. The average molecular weight is 246 g/mol. The van der Waals surface area contributed by atoms with Crippen molar-refractivity contribution in [2.45, 2.75) is 0 Å². The van der Waals surface area contributed by atoms with E-state index in [0.717, 1.165) is 0 Å². The Morgan fingerprint density at radius 3 is 1.75 bits per heavy atom. The van der Waals surface area contributed by atoms with Gasteiger partial charge in [0.05, 0.1) is 0 Å². The fourth-order valence-electron chi connectivity index (χ4n) is 0. The van der Waals surface area contributed by atoms with Crippen molar-refractivity contribution in [1.82, 2.24) is 0 Å². The van der Waals surface area contributed by atoms with E-state index in [2.05, 4.69) is 0 Å². The zero-order valence-electron chi connectivity index (χ0n) is 1.80. The minimum absolute atomic E-state index is 0. The van der Waals surface area contributed by atoms with Crippen LogP contribution in [0.3, 0.4) is 0 Å². The summed E-state index contributed by atoms with van der Waals surface area (Å²) in [5.41, 5.74) is 0. The largest absolute Gasteiger partial charge is 0.491 e. The molecule has 1 unspecified atom stereocenters. The average Bonchev–Trinajstić information content (AvgIpc) is 0.918. The minimum atomic E-state index is -1.17. The van der Waals surface area contributed by atoms with Crippen LogP contribution in [0.1, 0.15) is 0 Å². The van der Waals surface area contributed by atoms with Gasteiger partial charge in [-0.15, -0.1) is 0 Å². The molecule has 0 spiro atoms. The van der Waals surface area contributed by atoms with E-state index in [1.807, 2.05) is 0 Å². The Morgan fingerprint density at radius 1 is 1.75 bits per heavy atom. The molecule has 0 amide bonds. The topological polar surface area (TPSA) is 37.3 Å². The maximum atomic E-state index is 8.51. The maximum absolute atomic E-state index is 8.51. The molecule has 0 aliphatic carbocycles. The quantitative estimate of drug-likeness (QED) is 0.607. The first-order chi connectivity index (χ1) is 1.41. The molecule has 4 heavy (non-hydrogen) atoms. The van der Waals surface area contributed by atoms with E-state index in [4.69, 9.17) is 9.46 Å². The second-order valence-electron chi connectivity index (χ2n) is 0.0913. The number of hydrogen-bond acceptors (Lipinski definition) is 1. The summed E-state index contributed by atoms with van der Waals surface area (Å²) in [5, 5.41) is 0. The van der Waals surface area contributed by atoms with Gasteiger partial charge in [0.2, 0.25) is 0 Å². The van der Waals surface area contributed by atoms with Crippen molar-refractivity contribution in [2.75, 3.05) is 0 Å². The fourth-order valence-corrected chi connectivity index (χ4v) is 0. The van der Waals surface area contributed by atoms with Gasteiger partial charge in [-0.3, -0.25) is 0 Å². The summed E-state index contributed by atoms with van der Waals surface area (Å²) in [7, 11) is -1.17. The van der Waals surface area contributed by atoms with Gasteiger partial charge in [-0.25, -0.2) is 0 Å². The van der Waals surface area contributed by atoms with Gasteiger partial charge in [-0.05, 0) is 4.57 Å². The van der Waals surface area contributed by atoms with Crippen LogP contribution in [0, 0.1) is 0 Å². The van der Waals surface area contributed by atoms with Gasteiger partial charge < -0.3 is 0 Å². The third-order valence-electron chi connectivity index (χ3n) is 0. The molecule has 1 N–H and O–H groups in total. The molecule has 4 heteroatoms. The molecule has 0 aromatic rings. The molecular formula is H2O2PTa+. The SMILES string of the molecule is O=[PH+]O.[Ta]. The summed E-state index contributed by atoms with van der Waals surface area (Å²) in [4.78, 5) is 7.04. The molecule has 0 saturated heterocycles. The summed E-state index contributed by atoms with van der Waals surface area (Å²) < 4.78 is 8.51. The van der Waals surface area contributed by atoms with Gasteiger partial charge >= 0.3 is 8.69 Å². The Hall–Kier alpha value is 0.800. The first kappa shape index (κ1) is 8.84. The normalized spacial score (nSPS) is 5.25. The minimum Gasteiger partial charge on any atom is -0.162 e. The maximum Gasteiger partial charge on any atom is 0.491 e. The van der Waals surface area contributed by atoms with E-state index in [0.29, 0.717) is 0 Å². The van der Waals surface area contributed by atoms with Gasteiger partial charge in [-0.1, -0.05) is 0 Å². The van der Waals surface area contributed by atoms with Crippen LogP contribution in [-0.4, -0.2) is 4.89 Å². The predicted molar refractivity (Wildman–Crippen MR) is 11.2 cm³/mol. The summed E-state index contributed by atoms with van der Waals surface area (Å²) >= 11 is 0. The van der Waals surface area contributed by atoms with Crippen LogP contribution in [0.2, 0.25) is 0 Å². The molecule has 0 bridgehead atoms. The Bertz CT molecular complexity index is 13.5. The van der Waals surface area contributed by atoms with E-state index in [-0.39, 0.29) is 22.4 Å². The molecule has 0 rings (SSSR count). The van der Waals surface area contributed by atoms with Crippen LogP contribution in [0.5, 0.6) is 0 Å². The molecule has 0 fully saturated rings. The molecule has 0 aromatic carbocycles. The van der Waals surface area contributed by atoms with Crippen LogP contribution in [0.4, 0.5) is 0 Å². The summed E-state index contributed by atoms with van der Waals surface area (Å²) in [6, 6.07) is 0. The van der Waals surface area contributed by atoms with Crippen LogP contribution < -0.4 is 0 Å². The van der Waals surface area contributed by atoms with Crippen molar-refractivity contribution >= 4 is 8.69 Å². The Kier molecular flexibility index (Phi) is 20.3. The van der Waals surface area contributed by atoms with Crippen molar-refractivity contribution in [3.8, 4) is 0 Å². The standard InChI is InChI=1S/HO2P.Ta/c1-3-2;/h3H;/p+1. The first-order valence-electron chi connectivity index (χ1n) is 0.428. The molecule has 2 nitrogen and oxygen atoms in total. The number of hydrogen-bond donors (Lipinski definition) is 1. The third kappa shape index (κ3) is 14.2.